The smallest absolute Gasteiger partial charge is 0.310 e. The molecule has 0 amide bonds. The van der Waals surface area contributed by atoms with Crippen molar-refractivity contribution >= 4 is 22.8 Å². The SMILES string of the molecule is COc1cccc(CC2(C(=O)O)CCN(c3nccc4occc34)CC2)c1. The van der Waals surface area contributed by atoms with Gasteiger partial charge in [0.15, 0.2) is 0 Å². The van der Waals surface area contributed by atoms with Crippen molar-refractivity contribution in [2.45, 2.75) is 19.3 Å². The number of anilines is 1. The van der Waals surface area contributed by atoms with E-state index in [-0.39, 0.29) is 0 Å². The minimum absolute atomic E-state index is 0.497. The third-order valence-corrected chi connectivity index (χ3v) is 5.51. The highest BCUT2D eigenvalue weighted by molar-refractivity contribution is 5.88. The van der Waals surface area contributed by atoms with E-state index in [9.17, 15) is 9.90 Å². The monoisotopic (exact) mass is 366 g/mol. The van der Waals surface area contributed by atoms with Crippen molar-refractivity contribution < 1.29 is 19.1 Å². The van der Waals surface area contributed by atoms with Crippen LogP contribution in [0.3, 0.4) is 0 Å². The number of carboxylic acid groups (broad SMARTS) is 1. The molecule has 0 bridgehead atoms. The van der Waals surface area contributed by atoms with Gasteiger partial charge in [0.25, 0.3) is 0 Å². The molecule has 2 aromatic heterocycles. The number of rotatable bonds is 5. The van der Waals surface area contributed by atoms with Crippen LogP contribution in [-0.2, 0) is 11.2 Å². The molecule has 1 aromatic carbocycles. The first-order valence-corrected chi connectivity index (χ1v) is 9.05. The summed E-state index contributed by atoms with van der Waals surface area (Å²) in [7, 11) is 1.62. The lowest BCUT2D eigenvalue weighted by atomic mass is 9.73. The van der Waals surface area contributed by atoms with Gasteiger partial charge in [0.2, 0.25) is 0 Å². The minimum Gasteiger partial charge on any atom is -0.497 e. The highest BCUT2D eigenvalue weighted by Gasteiger charge is 2.42. The normalized spacial score (nSPS) is 16.4. The number of pyridine rings is 1. The fraction of sp³-hybridized carbons (Fsp3) is 0.333. The van der Waals surface area contributed by atoms with Crippen LogP contribution in [0.15, 0.2) is 53.3 Å². The molecule has 0 spiro atoms. The van der Waals surface area contributed by atoms with Crippen molar-refractivity contribution in [3.8, 4) is 5.75 Å². The van der Waals surface area contributed by atoms with Crippen LogP contribution in [0.2, 0.25) is 0 Å². The predicted octanol–water partition coefficient (Wildman–Crippen LogP) is 3.75. The van der Waals surface area contributed by atoms with Crippen LogP contribution in [-0.4, -0.2) is 36.3 Å². The number of ether oxygens (including phenoxy) is 1. The molecule has 1 saturated heterocycles. The Labute approximate surface area is 157 Å². The zero-order valence-corrected chi connectivity index (χ0v) is 15.2. The topological polar surface area (TPSA) is 75.8 Å². The molecule has 0 aliphatic carbocycles. The van der Waals surface area contributed by atoms with Crippen LogP contribution < -0.4 is 9.64 Å². The molecule has 6 nitrogen and oxygen atoms in total. The highest BCUT2D eigenvalue weighted by Crippen LogP contribution is 2.38. The lowest BCUT2D eigenvalue weighted by molar-refractivity contribution is -0.150. The summed E-state index contributed by atoms with van der Waals surface area (Å²) in [6.07, 6.45) is 5.02. The Kier molecular flexibility index (Phi) is 4.48. The second-order valence-corrected chi connectivity index (χ2v) is 7.07. The van der Waals surface area contributed by atoms with Gasteiger partial charge in [-0.05, 0) is 49.1 Å². The Hall–Kier alpha value is -3.02. The van der Waals surface area contributed by atoms with E-state index >= 15 is 0 Å². The number of piperidine rings is 1. The Morgan fingerprint density at radius 3 is 2.85 bits per heavy atom. The van der Waals surface area contributed by atoms with Gasteiger partial charge < -0.3 is 19.2 Å². The summed E-state index contributed by atoms with van der Waals surface area (Å²) in [6.45, 7) is 1.29. The second-order valence-electron chi connectivity index (χ2n) is 7.07. The standard InChI is InChI=1S/C21H22N2O4/c1-26-16-4-2-3-15(13-16)14-21(20(24)25)7-10-23(11-8-21)19-17-6-12-27-18(17)5-9-22-19/h2-6,9,12-13H,7-8,10-11,14H2,1H3,(H,24,25). The van der Waals surface area contributed by atoms with E-state index in [4.69, 9.17) is 9.15 Å². The van der Waals surface area contributed by atoms with Gasteiger partial charge in [0, 0.05) is 19.3 Å². The van der Waals surface area contributed by atoms with Crippen LogP contribution in [0.25, 0.3) is 11.0 Å². The number of nitrogens with zero attached hydrogens (tertiary/aromatic N) is 2. The molecule has 3 heterocycles. The number of hydrogen-bond donors (Lipinski definition) is 1. The van der Waals surface area contributed by atoms with E-state index in [2.05, 4.69) is 9.88 Å². The maximum Gasteiger partial charge on any atom is 0.310 e. The number of benzene rings is 1. The van der Waals surface area contributed by atoms with Crippen molar-refractivity contribution in [1.29, 1.82) is 0 Å². The molecule has 1 N–H and O–H groups in total. The van der Waals surface area contributed by atoms with Crippen molar-refractivity contribution in [2.24, 2.45) is 5.41 Å². The fourth-order valence-corrected chi connectivity index (χ4v) is 3.92. The number of aliphatic carboxylic acids is 1. The maximum absolute atomic E-state index is 12.2. The zero-order chi connectivity index (χ0) is 18.9. The molecule has 27 heavy (non-hydrogen) atoms. The van der Waals surface area contributed by atoms with Crippen LogP contribution in [0.1, 0.15) is 18.4 Å². The van der Waals surface area contributed by atoms with E-state index in [1.165, 1.54) is 0 Å². The average Bonchev–Trinajstić information content (AvgIpc) is 3.17. The first-order chi connectivity index (χ1) is 13.1. The molecule has 4 rings (SSSR count). The first-order valence-electron chi connectivity index (χ1n) is 9.05. The number of hydrogen-bond acceptors (Lipinski definition) is 5. The van der Waals surface area contributed by atoms with Crippen molar-refractivity contribution in [3.05, 3.63) is 54.4 Å². The molecular formula is C21H22N2O4. The van der Waals surface area contributed by atoms with Crippen LogP contribution in [0.4, 0.5) is 5.82 Å². The number of carbonyl (C=O) groups is 1. The van der Waals surface area contributed by atoms with Crippen molar-refractivity contribution in [3.63, 3.8) is 0 Å². The average molecular weight is 366 g/mol. The van der Waals surface area contributed by atoms with Gasteiger partial charge in [0.05, 0.1) is 24.2 Å². The molecule has 0 saturated carbocycles. The highest BCUT2D eigenvalue weighted by atomic mass is 16.5. The fourth-order valence-electron chi connectivity index (χ4n) is 3.92. The first kappa shape index (κ1) is 17.4. The number of methoxy groups -OCH3 is 1. The quantitative estimate of drug-likeness (QED) is 0.741. The number of aromatic nitrogens is 1. The van der Waals surface area contributed by atoms with Crippen LogP contribution in [0.5, 0.6) is 5.75 Å². The number of fused-ring (bicyclic) bond motifs is 1. The Bertz CT molecular complexity index is 957. The van der Waals surface area contributed by atoms with E-state index < -0.39 is 11.4 Å². The lowest BCUT2D eigenvalue weighted by Gasteiger charge is -2.39. The maximum atomic E-state index is 12.2. The van der Waals surface area contributed by atoms with E-state index in [0.29, 0.717) is 32.4 Å². The largest absolute Gasteiger partial charge is 0.497 e. The Balaban J connectivity index is 1.55. The number of furan rings is 1. The second kappa shape index (κ2) is 6.95. The molecule has 0 unspecified atom stereocenters. The molecule has 1 aliphatic heterocycles. The lowest BCUT2D eigenvalue weighted by Crippen LogP contribution is -2.46. The van der Waals surface area contributed by atoms with E-state index in [0.717, 1.165) is 28.1 Å². The molecule has 140 valence electrons. The molecule has 6 heteroatoms. The van der Waals surface area contributed by atoms with E-state index in [1.54, 1.807) is 19.6 Å². The molecule has 3 aromatic rings. The summed E-state index contributed by atoms with van der Waals surface area (Å²) >= 11 is 0. The van der Waals surface area contributed by atoms with E-state index in [1.807, 2.05) is 36.4 Å². The summed E-state index contributed by atoms with van der Waals surface area (Å²) in [6, 6.07) is 11.4. The summed E-state index contributed by atoms with van der Waals surface area (Å²) < 4.78 is 10.7. The van der Waals surface area contributed by atoms with Gasteiger partial charge >= 0.3 is 5.97 Å². The van der Waals surface area contributed by atoms with Crippen LogP contribution in [0, 0.1) is 5.41 Å². The minimum atomic E-state index is -0.771. The summed E-state index contributed by atoms with van der Waals surface area (Å²) in [5, 5.41) is 11.0. The Morgan fingerprint density at radius 1 is 1.30 bits per heavy atom. The van der Waals surface area contributed by atoms with Crippen molar-refractivity contribution in [2.75, 3.05) is 25.1 Å². The summed E-state index contributed by atoms with van der Waals surface area (Å²) in [5.74, 6) is 0.877. The summed E-state index contributed by atoms with van der Waals surface area (Å²) in [5.41, 5.74) is 1.01. The van der Waals surface area contributed by atoms with Gasteiger partial charge in [-0.25, -0.2) is 4.98 Å². The number of carboxylic acids is 1. The van der Waals surface area contributed by atoms with Gasteiger partial charge in [-0.15, -0.1) is 0 Å². The van der Waals surface area contributed by atoms with Gasteiger partial charge in [-0.2, -0.15) is 0 Å². The van der Waals surface area contributed by atoms with Gasteiger partial charge in [-0.1, -0.05) is 12.1 Å². The Morgan fingerprint density at radius 2 is 2.11 bits per heavy atom. The molecular weight excluding hydrogens is 344 g/mol. The molecule has 1 aliphatic rings. The van der Waals surface area contributed by atoms with Crippen LogP contribution >= 0.6 is 0 Å². The molecule has 1 fully saturated rings. The van der Waals surface area contributed by atoms with Gasteiger partial charge in [0.1, 0.15) is 17.2 Å². The third-order valence-electron chi connectivity index (χ3n) is 5.51. The molecule has 0 atom stereocenters. The predicted molar refractivity (Wildman–Crippen MR) is 102 cm³/mol. The zero-order valence-electron chi connectivity index (χ0n) is 15.2. The van der Waals surface area contributed by atoms with Gasteiger partial charge in [-0.3, -0.25) is 4.79 Å². The molecule has 0 radical (unpaired) electrons. The summed E-state index contributed by atoms with van der Waals surface area (Å²) in [4.78, 5) is 18.8. The van der Waals surface area contributed by atoms with Crippen molar-refractivity contribution in [1.82, 2.24) is 4.98 Å². The third kappa shape index (κ3) is 3.23.